The van der Waals surface area contributed by atoms with Crippen molar-refractivity contribution >= 4 is 11.6 Å². The quantitative estimate of drug-likeness (QED) is 0.699. The Morgan fingerprint density at radius 1 is 1.63 bits per heavy atom. The lowest BCUT2D eigenvalue weighted by Gasteiger charge is -2.36. The summed E-state index contributed by atoms with van der Waals surface area (Å²) in [6.45, 7) is 3.51. The van der Waals surface area contributed by atoms with Crippen molar-refractivity contribution in [3.8, 4) is 0 Å². The first kappa shape index (κ1) is 13.8. The highest BCUT2D eigenvalue weighted by molar-refractivity contribution is 5.97. The largest absolute Gasteiger partial charge is 0.396 e. The predicted octanol–water partition coefficient (Wildman–Crippen LogP) is -0.243. The molecule has 1 aromatic heterocycles. The number of aryl methyl sites for hydroxylation is 1. The summed E-state index contributed by atoms with van der Waals surface area (Å²) < 4.78 is 6.86. The number of ether oxygens (including phenoxy) is 1. The van der Waals surface area contributed by atoms with Gasteiger partial charge >= 0.3 is 0 Å². The van der Waals surface area contributed by atoms with Gasteiger partial charge in [0.1, 0.15) is 0 Å². The molecular formula is C12H20N4O3. The number of nitrogens with one attached hydrogen (secondary N) is 1. The first-order valence-electron chi connectivity index (χ1n) is 6.44. The van der Waals surface area contributed by atoms with Crippen LogP contribution in [0.3, 0.4) is 0 Å². The molecule has 1 saturated heterocycles. The van der Waals surface area contributed by atoms with Gasteiger partial charge in [-0.25, -0.2) is 0 Å². The standard InChI is InChI=1S/C12H20N4O3/c1-2-16-7-9(13)10(15-16)11(18)14-12(8-17)3-5-19-6-4-12/h7,17H,2-6,8,13H2,1H3,(H,14,18). The third kappa shape index (κ3) is 2.87. The molecule has 0 atom stereocenters. The van der Waals surface area contributed by atoms with E-state index in [0.717, 1.165) is 0 Å². The van der Waals surface area contributed by atoms with E-state index in [-0.39, 0.29) is 18.2 Å². The summed E-state index contributed by atoms with van der Waals surface area (Å²) in [6.07, 6.45) is 2.80. The Balaban J connectivity index is 2.12. The Morgan fingerprint density at radius 2 is 2.32 bits per heavy atom. The summed E-state index contributed by atoms with van der Waals surface area (Å²) in [5.41, 5.74) is 5.71. The van der Waals surface area contributed by atoms with Crippen LogP contribution in [0.15, 0.2) is 6.20 Å². The molecule has 7 heteroatoms. The fraction of sp³-hybridized carbons (Fsp3) is 0.667. The van der Waals surface area contributed by atoms with Crippen molar-refractivity contribution < 1.29 is 14.6 Å². The van der Waals surface area contributed by atoms with Crippen molar-refractivity contribution in [2.24, 2.45) is 0 Å². The molecule has 1 amide bonds. The van der Waals surface area contributed by atoms with Crippen LogP contribution in [0.1, 0.15) is 30.3 Å². The molecule has 19 heavy (non-hydrogen) atoms. The number of aliphatic hydroxyl groups excluding tert-OH is 1. The average Bonchev–Trinajstić information content (AvgIpc) is 2.81. The predicted molar refractivity (Wildman–Crippen MR) is 69.6 cm³/mol. The molecule has 0 aromatic carbocycles. The Bertz CT molecular complexity index is 452. The van der Waals surface area contributed by atoms with Gasteiger partial charge in [-0.1, -0.05) is 0 Å². The highest BCUT2D eigenvalue weighted by Gasteiger charge is 2.34. The molecule has 0 aliphatic carbocycles. The molecule has 4 N–H and O–H groups in total. The van der Waals surface area contributed by atoms with Crippen molar-refractivity contribution in [2.45, 2.75) is 31.8 Å². The van der Waals surface area contributed by atoms with E-state index in [1.165, 1.54) is 0 Å². The highest BCUT2D eigenvalue weighted by Crippen LogP contribution is 2.21. The minimum atomic E-state index is -0.627. The van der Waals surface area contributed by atoms with E-state index in [0.29, 0.717) is 38.3 Å². The van der Waals surface area contributed by atoms with Crippen LogP contribution in [-0.4, -0.2) is 46.2 Å². The van der Waals surface area contributed by atoms with Crippen LogP contribution in [0.2, 0.25) is 0 Å². The summed E-state index contributed by atoms with van der Waals surface area (Å²) in [5, 5.41) is 16.5. The molecule has 0 unspecified atom stereocenters. The topological polar surface area (TPSA) is 102 Å². The summed E-state index contributed by atoms with van der Waals surface area (Å²) in [4.78, 5) is 12.2. The number of nitrogens with zero attached hydrogens (tertiary/aromatic N) is 2. The molecular weight excluding hydrogens is 248 g/mol. The number of carbonyl (C=O) groups is 1. The number of hydrogen-bond acceptors (Lipinski definition) is 5. The molecule has 7 nitrogen and oxygen atoms in total. The SMILES string of the molecule is CCn1cc(N)c(C(=O)NC2(CO)CCOCC2)n1. The van der Waals surface area contributed by atoms with E-state index in [1.807, 2.05) is 6.92 Å². The Kier molecular flexibility index (Phi) is 4.06. The van der Waals surface area contributed by atoms with Gasteiger partial charge in [-0.05, 0) is 19.8 Å². The van der Waals surface area contributed by atoms with Gasteiger partial charge in [0.15, 0.2) is 5.69 Å². The third-order valence-electron chi connectivity index (χ3n) is 3.46. The summed E-state index contributed by atoms with van der Waals surface area (Å²) in [6, 6.07) is 0. The van der Waals surface area contributed by atoms with Crippen LogP contribution >= 0.6 is 0 Å². The van der Waals surface area contributed by atoms with Crippen LogP contribution in [0, 0.1) is 0 Å². The van der Waals surface area contributed by atoms with Gasteiger partial charge in [0, 0.05) is 26.0 Å². The smallest absolute Gasteiger partial charge is 0.274 e. The fourth-order valence-electron chi connectivity index (χ4n) is 2.16. The fourth-order valence-corrected chi connectivity index (χ4v) is 2.16. The van der Waals surface area contributed by atoms with Gasteiger partial charge < -0.3 is 20.9 Å². The highest BCUT2D eigenvalue weighted by atomic mass is 16.5. The molecule has 1 aliphatic rings. The maximum absolute atomic E-state index is 12.2. The van der Waals surface area contributed by atoms with E-state index >= 15 is 0 Å². The zero-order chi connectivity index (χ0) is 13.9. The number of hydrogen-bond donors (Lipinski definition) is 3. The van der Waals surface area contributed by atoms with Crippen molar-refractivity contribution in [1.82, 2.24) is 15.1 Å². The van der Waals surface area contributed by atoms with Crippen LogP contribution < -0.4 is 11.1 Å². The molecule has 0 bridgehead atoms. The third-order valence-corrected chi connectivity index (χ3v) is 3.46. The van der Waals surface area contributed by atoms with Crippen LogP contribution in [0.25, 0.3) is 0 Å². The monoisotopic (exact) mass is 268 g/mol. The molecule has 2 heterocycles. The average molecular weight is 268 g/mol. The maximum Gasteiger partial charge on any atom is 0.274 e. The van der Waals surface area contributed by atoms with Crippen molar-refractivity contribution in [3.63, 3.8) is 0 Å². The second-order valence-electron chi connectivity index (χ2n) is 4.79. The molecule has 2 rings (SSSR count). The van der Waals surface area contributed by atoms with Gasteiger partial charge in [-0.3, -0.25) is 9.48 Å². The van der Waals surface area contributed by atoms with Gasteiger partial charge in [-0.2, -0.15) is 5.10 Å². The summed E-state index contributed by atoms with van der Waals surface area (Å²) in [7, 11) is 0. The van der Waals surface area contributed by atoms with Crippen LogP contribution in [0.4, 0.5) is 5.69 Å². The molecule has 0 radical (unpaired) electrons. The molecule has 1 aliphatic heterocycles. The first-order chi connectivity index (χ1) is 9.10. The zero-order valence-electron chi connectivity index (χ0n) is 11.1. The second kappa shape index (κ2) is 5.58. The Hall–Kier alpha value is -1.60. The number of nitrogen functional groups attached to an aromatic ring is 1. The van der Waals surface area contributed by atoms with E-state index < -0.39 is 5.54 Å². The molecule has 1 fully saturated rings. The summed E-state index contributed by atoms with van der Waals surface area (Å²) >= 11 is 0. The molecule has 1 aromatic rings. The number of aromatic nitrogens is 2. The van der Waals surface area contributed by atoms with Gasteiger partial charge in [0.05, 0.1) is 17.8 Å². The van der Waals surface area contributed by atoms with E-state index in [9.17, 15) is 9.90 Å². The van der Waals surface area contributed by atoms with Crippen molar-refractivity contribution in [2.75, 3.05) is 25.6 Å². The number of nitrogens with two attached hydrogens (primary N) is 1. The number of amides is 1. The number of anilines is 1. The lowest BCUT2D eigenvalue weighted by molar-refractivity contribution is 0.0124. The van der Waals surface area contributed by atoms with Crippen molar-refractivity contribution in [3.05, 3.63) is 11.9 Å². The minimum Gasteiger partial charge on any atom is -0.396 e. The lowest BCUT2D eigenvalue weighted by Crippen LogP contribution is -2.54. The first-order valence-corrected chi connectivity index (χ1v) is 6.44. The normalized spacial score (nSPS) is 18.2. The molecule has 106 valence electrons. The van der Waals surface area contributed by atoms with Crippen LogP contribution in [0.5, 0.6) is 0 Å². The Labute approximate surface area is 111 Å². The van der Waals surface area contributed by atoms with E-state index in [2.05, 4.69) is 10.4 Å². The summed E-state index contributed by atoms with van der Waals surface area (Å²) in [5.74, 6) is -0.347. The van der Waals surface area contributed by atoms with Gasteiger partial charge in [0.2, 0.25) is 0 Å². The Morgan fingerprint density at radius 3 is 2.84 bits per heavy atom. The number of rotatable bonds is 4. The van der Waals surface area contributed by atoms with E-state index in [4.69, 9.17) is 10.5 Å². The lowest BCUT2D eigenvalue weighted by atomic mass is 9.91. The van der Waals surface area contributed by atoms with E-state index in [1.54, 1.807) is 10.9 Å². The number of carbonyl (C=O) groups excluding carboxylic acids is 1. The maximum atomic E-state index is 12.2. The molecule has 0 spiro atoms. The molecule has 0 saturated carbocycles. The number of aliphatic hydroxyl groups is 1. The van der Waals surface area contributed by atoms with Gasteiger partial charge in [0.25, 0.3) is 5.91 Å². The zero-order valence-corrected chi connectivity index (χ0v) is 11.1. The van der Waals surface area contributed by atoms with Crippen LogP contribution in [-0.2, 0) is 11.3 Å². The minimum absolute atomic E-state index is 0.115. The van der Waals surface area contributed by atoms with Crippen molar-refractivity contribution in [1.29, 1.82) is 0 Å². The second-order valence-corrected chi connectivity index (χ2v) is 4.79. The van der Waals surface area contributed by atoms with Gasteiger partial charge in [-0.15, -0.1) is 0 Å².